The van der Waals surface area contributed by atoms with Crippen molar-refractivity contribution in [2.45, 2.75) is 6.18 Å². The van der Waals surface area contributed by atoms with E-state index in [2.05, 4.69) is 5.10 Å². The van der Waals surface area contributed by atoms with Gasteiger partial charge in [0.15, 0.2) is 23.3 Å². The minimum absolute atomic E-state index is 0.551. The van der Waals surface area contributed by atoms with Crippen LogP contribution in [0.15, 0.2) is 6.20 Å². The number of amides is 1. The van der Waals surface area contributed by atoms with Crippen molar-refractivity contribution < 1.29 is 40.5 Å². The molecule has 1 aromatic carbocycles. The summed E-state index contributed by atoms with van der Waals surface area (Å²) in [6.07, 6.45) is -5.20. The Hall–Kier alpha value is -3.19. The lowest BCUT2D eigenvalue weighted by atomic mass is 10.1. The summed E-state index contributed by atoms with van der Waals surface area (Å²) in [5.74, 6) is -12.3. The molecular formula is C11H3F7N4O3. The summed E-state index contributed by atoms with van der Waals surface area (Å²) >= 11 is 0. The number of hydrogen-bond donors (Lipinski definition) is 2. The van der Waals surface area contributed by atoms with Crippen LogP contribution in [0.5, 0.6) is 0 Å². The van der Waals surface area contributed by atoms with Crippen molar-refractivity contribution in [1.82, 2.24) is 10.2 Å². The molecule has 0 saturated carbocycles. The number of aromatic nitrogens is 2. The van der Waals surface area contributed by atoms with Crippen LogP contribution in [0.3, 0.4) is 0 Å². The third kappa shape index (κ3) is 3.09. The van der Waals surface area contributed by atoms with Gasteiger partial charge in [-0.2, -0.15) is 18.3 Å². The van der Waals surface area contributed by atoms with Crippen molar-refractivity contribution in [3.8, 4) is 0 Å². The Morgan fingerprint density at radius 2 is 1.64 bits per heavy atom. The van der Waals surface area contributed by atoms with Crippen molar-refractivity contribution in [3.05, 3.63) is 50.8 Å². The van der Waals surface area contributed by atoms with Crippen molar-refractivity contribution >= 4 is 17.3 Å². The van der Waals surface area contributed by atoms with Gasteiger partial charge in [0.1, 0.15) is 17.4 Å². The van der Waals surface area contributed by atoms with Gasteiger partial charge in [0.2, 0.25) is 5.69 Å². The summed E-state index contributed by atoms with van der Waals surface area (Å²) < 4.78 is 91.4. The molecule has 1 heterocycles. The maximum atomic E-state index is 13.6. The topological polar surface area (TPSA) is 101 Å². The zero-order valence-corrected chi connectivity index (χ0v) is 11.3. The highest BCUT2D eigenvalue weighted by Crippen LogP contribution is 2.38. The molecule has 1 amide bonds. The highest BCUT2D eigenvalue weighted by Gasteiger charge is 2.42. The number of halogens is 7. The van der Waals surface area contributed by atoms with E-state index in [9.17, 15) is 45.6 Å². The lowest BCUT2D eigenvalue weighted by Gasteiger charge is -2.14. The molecule has 2 aromatic rings. The smallest absolute Gasteiger partial charge is 0.315 e. The number of rotatable bonds is 3. The molecule has 0 atom stereocenters. The molecule has 25 heavy (non-hydrogen) atoms. The zero-order chi connectivity index (χ0) is 19.1. The maximum Gasteiger partial charge on any atom is 0.422 e. The number of alkyl halides is 3. The van der Waals surface area contributed by atoms with Gasteiger partial charge in [-0.3, -0.25) is 20.0 Å². The Bertz CT molecular complexity index is 848. The predicted molar refractivity (Wildman–Crippen MR) is 64.5 cm³/mol. The lowest BCUT2D eigenvalue weighted by molar-refractivity contribution is -0.385. The Balaban J connectivity index is 2.53. The Morgan fingerprint density at radius 3 is 2.08 bits per heavy atom. The summed E-state index contributed by atoms with van der Waals surface area (Å²) in [5, 5.41) is 16.7. The molecule has 2 rings (SSSR count). The fourth-order valence-corrected chi connectivity index (χ4v) is 1.75. The normalized spacial score (nSPS) is 11.5. The molecular weight excluding hydrogens is 369 g/mol. The average Bonchev–Trinajstić information content (AvgIpc) is 2.98. The molecule has 0 unspecified atom stereocenters. The Kier molecular flexibility index (Phi) is 4.38. The summed E-state index contributed by atoms with van der Waals surface area (Å²) in [7, 11) is 0. The molecule has 0 spiro atoms. The van der Waals surface area contributed by atoms with E-state index in [1.807, 2.05) is 0 Å². The number of anilines is 1. The van der Waals surface area contributed by atoms with Gasteiger partial charge >= 0.3 is 11.9 Å². The van der Waals surface area contributed by atoms with Gasteiger partial charge in [0, 0.05) is 0 Å². The van der Waals surface area contributed by atoms with E-state index in [-0.39, 0.29) is 0 Å². The Morgan fingerprint density at radius 1 is 1.12 bits per heavy atom. The van der Waals surface area contributed by atoms with Crippen LogP contribution in [0.25, 0.3) is 0 Å². The first kappa shape index (κ1) is 18.2. The number of nitrogens with one attached hydrogen (secondary N) is 2. The van der Waals surface area contributed by atoms with Gasteiger partial charge in [-0.05, 0) is 0 Å². The van der Waals surface area contributed by atoms with E-state index in [1.54, 1.807) is 5.10 Å². The van der Waals surface area contributed by atoms with E-state index in [1.165, 1.54) is 5.32 Å². The van der Waals surface area contributed by atoms with Gasteiger partial charge in [-0.1, -0.05) is 0 Å². The van der Waals surface area contributed by atoms with Gasteiger partial charge in [-0.25, -0.2) is 17.6 Å². The van der Waals surface area contributed by atoms with Crippen LogP contribution in [-0.2, 0) is 6.18 Å². The summed E-state index contributed by atoms with van der Waals surface area (Å²) in [6.45, 7) is 0. The second-order valence-corrected chi connectivity index (χ2v) is 4.35. The van der Waals surface area contributed by atoms with E-state index >= 15 is 0 Å². The highest BCUT2D eigenvalue weighted by atomic mass is 19.4. The molecule has 1 aromatic heterocycles. The van der Waals surface area contributed by atoms with Gasteiger partial charge < -0.3 is 5.32 Å². The largest absolute Gasteiger partial charge is 0.422 e. The maximum absolute atomic E-state index is 13.6. The Labute approximate surface area is 131 Å². The number of nitro groups is 1. The molecule has 0 radical (unpaired) electrons. The van der Waals surface area contributed by atoms with Crippen LogP contribution >= 0.6 is 0 Å². The number of hydrogen-bond acceptors (Lipinski definition) is 4. The number of benzene rings is 1. The SMILES string of the molecule is O=C(Nc1c(F)c(F)c(C(F)(F)F)c(F)c1F)c1[nH]ncc1[N+](=O)[O-]. The zero-order valence-electron chi connectivity index (χ0n) is 11.3. The van der Waals surface area contributed by atoms with Crippen LogP contribution in [0, 0.1) is 33.4 Å². The van der Waals surface area contributed by atoms with Gasteiger partial charge in [0.05, 0.1) is 4.92 Å². The number of carbonyl (C=O) groups is 1. The van der Waals surface area contributed by atoms with Crippen LogP contribution < -0.4 is 5.32 Å². The van der Waals surface area contributed by atoms with Crippen LogP contribution in [-0.4, -0.2) is 21.0 Å². The molecule has 14 heteroatoms. The molecule has 0 aliphatic heterocycles. The summed E-state index contributed by atoms with van der Waals surface area (Å²) in [4.78, 5) is 21.2. The number of nitrogens with zero attached hydrogens (tertiary/aromatic N) is 2. The van der Waals surface area contributed by atoms with Crippen molar-refractivity contribution in [2.24, 2.45) is 0 Å². The summed E-state index contributed by atoms with van der Waals surface area (Å²) in [5.41, 5.74) is -6.62. The molecule has 0 aliphatic rings. The lowest BCUT2D eigenvalue weighted by Crippen LogP contribution is -2.21. The van der Waals surface area contributed by atoms with E-state index in [4.69, 9.17) is 0 Å². The first-order valence-electron chi connectivity index (χ1n) is 5.89. The minimum Gasteiger partial charge on any atom is -0.315 e. The molecule has 0 saturated heterocycles. The highest BCUT2D eigenvalue weighted by molar-refractivity contribution is 6.05. The number of aromatic amines is 1. The average molecular weight is 372 g/mol. The molecule has 0 fully saturated rings. The van der Waals surface area contributed by atoms with Crippen LogP contribution in [0.4, 0.5) is 42.1 Å². The minimum atomic E-state index is -5.75. The second kappa shape index (κ2) is 6.03. The predicted octanol–water partition coefficient (Wildman–Crippen LogP) is 3.15. The second-order valence-electron chi connectivity index (χ2n) is 4.35. The fraction of sp³-hybridized carbons (Fsp3) is 0.0909. The van der Waals surface area contributed by atoms with Crippen molar-refractivity contribution in [3.63, 3.8) is 0 Å². The van der Waals surface area contributed by atoms with Gasteiger partial charge in [-0.15, -0.1) is 0 Å². The van der Waals surface area contributed by atoms with Crippen molar-refractivity contribution in [2.75, 3.05) is 5.32 Å². The fourth-order valence-electron chi connectivity index (χ4n) is 1.75. The van der Waals surface area contributed by atoms with Crippen LogP contribution in [0.1, 0.15) is 16.1 Å². The molecule has 2 N–H and O–H groups in total. The third-order valence-electron chi connectivity index (χ3n) is 2.83. The standard InChI is InChI=1S/C11H3F7N4O3/c12-4-3(11(16,17)18)5(13)7(15)9(6(4)14)20-10(23)8-2(22(24)25)1-19-21-8/h1H,(H,19,21)(H,20,23). The molecule has 7 nitrogen and oxygen atoms in total. The quantitative estimate of drug-likeness (QED) is 0.374. The van der Waals surface area contributed by atoms with Crippen molar-refractivity contribution in [1.29, 1.82) is 0 Å². The first-order valence-corrected chi connectivity index (χ1v) is 5.89. The monoisotopic (exact) mass is 372 g/mol. The first-order chi connectivity index (χ1) is 11.5. The molecule has 134 valence electrons. The number of carbonyl (C=O) groups excluding carboxylic acids is 1. The molecule has 0 bridgehead atoms. The van der Waals surface area contributed by atoms with E-state index in [0.717, 1.165) is 0 Å². The molecule has 0 aliphatic carbocycles. The van der Waals surface area contributed by atoms with E-state index < -0.39 is 62.9 Å². The summed E-state index contributed by atoms with van der Waals surface area (Å²) in [6, 6.07) is 0. The van der Waals surface area contributed by atoms with Gasteiger partial charge in [0.25, 0.3) is 5.91 Å². The number of H-pyrrole nitrogens is 1. The third-order valence-corrected chi connectivity index (χ3v) is 2.83. The van der Waals surface area contributed by atoms with E-state index in [0.29, 0.717) is 6.20 Å². The van der Waals surface area contributed by atoms with Crippen LogP contribution in [0.2, 0.25) is 0 Å².